The van der Waals surface area contributed by atoms with Crippen LogP contribution in [-0.4, -0.2) is 29.8 Å². The monoisotopic (exact) mass is 235 g/mol. The fraction of sp³-hybridized carbons (Fsp3) is 0.462. The lowest BCUT2D eigenvalue weighted by Crippen LogP contribution is -2.43. The average molecular weight is 235 g/mol. The molecule has 1 unspecified atom stereocenters. The van der Waals surface area contributed by atoms with Crippen molar-refractivity contribution in [2.45, 2.75) is 32.4 Å². The van der Waals surface area contributed by atoms with E-state index >= 15 is 0 Å². The molecule has 2 rings (SSSR count). The van der Waals surface area contributed by atoms with Crippen LogP contribution in [0.3, 0.4) is 0 Å². The Kier molecular flexibility index (Phi) is 3.33. The first kappa shape index (κ1) is 11.9. The average Bonchev–Trinajstić information content (AvgIpc) is 2.27. The van der Waals surface area contributed by atoms with Crippen molar-refractivity contribution in [1.82, 2.24) is 5.32 Å². The van der Waals surface area contributed by atoms with Crippen LogP contribution in [0.2, 0.25) is 0 Å². The van der Waals surface area contributed by atoms with Gasteiger partial charge in [-0.1, -0.05) is 19.9 Å². The lowest BCUT2D eigenvalue weighted by Gasteiger charge is -2.28. The van der Waals surface area contributed by atoms with Gasteiger partial charge in [-0.2, -0.15) is 0 Å². The maximum absolute atomic E-state index is 11.1. The summed E-state index contributed by atoms with van der Waals surface area (Å²) < 4.78 is 5.60. The molecule has 0 saturated heterocycles. The van der Waals surface area contributed by atoms with E-state index in [1.165, 1.54) is 0 Å². The summed E-state index contributed by atoms with van der Waals surface area (Å²) in [6.45, 7) is 4.73. The predicted molar refractivity (Wildman–Crippen MR) is 64.7 cm³/mol. The van der Waals surface area contributed by atoms with Gasteiger partial charge in [-0.25, -0.2) is 4.79 Å². The number of nitrogens with one attached hydrogen (secondary N) is 1. The van der Waals surface area contributed by atoms with Gasteiger partial charge in [0.15, 0.2) is 0 Å². The number of ether oxygens (including phenoxy) is 1. The maximum atomic E-state index is 11.1. The highest BCUT2D eigenvalue weighted by molar-refractivity contribution is 5.90. The van der Waals surface area contributed by atoms with Crippen molar-refractivity contribution in [2.24, 2.45) is 0 Å². The minimum absolute atomic E-state index is 0.183. The highest BCUT2D eigenvalue weighted by Crippen LogP contribution is 2.28. The number of carboxylic acids is 1. The molecule has 0 spiro atoms. The molecular weight excluding hydrogens is 218 g/mol. The van der Waals surface area contributed by atoms with E-state index in [1.807, 2.05) is 6.07 Å². The normalized spacial score (nSPS) is 18.6. The molecule has 92 valence electrons. The second kappa shape index (κ2) is 4.75. The predicted octanol–water partition coefficient (Wildman–Crippen LogP) is 1.69. The molecule has 4 heteroatoms. The molecule has 0 bridgehead atoms. The lowest BCUT2D eigenvalue weighted by molar-refractivity contribution is 0.0693. The Morgan fingerprint density at radius 3 is 2.94 bits per heavy atom. The van der Waals surface area contributed by atoms with Gasteiger partial charge in [-0.05, 0) is 18.6 Å². The standard InChI is InChI=1S/C13H17NO3/c1-8(2)14-9-6-11-10(13(15)16)4-3-5-12(11)17-7-9/h3-5,8-9,14H,6-7H2,1-2H3,(H,15,16). The minimum Gasteiger partial charge on any atom is -0.492 e. The maximum Gasteiger partial charge on any atom is 0.336 e. The molecule has 0 saturated carbocycles. The van der Waals surface area contributed by atoms with Crippen LogP contribution < -0.4 is 10.1 Å². The van der Waals surface area contributed by atoms with Crippen molar-refractivity contribution in [2.75, 3.05) is 6.61 Å². The molecule has 1 aromatic carbocycles. The van der Waals surface area contributed by atoms with Gasteiger partial charge in [0.05, 0.1) is 5.56 Å². The second-order valence-electron chi connectivity index (χ2n) is 4.62. The summed E-state index contributed by atoms with van der Waals surface area (Å²) in [5, 5.41) is 12.5. The molecule has 0 fully saturated rings. The number of rotatable bonds is 3. The van der Waals surface area contributed by atoms with Gasteiger partial charge in [0.25, 0.3) is 0 Å². The molecule has 0 amide bonds. The van der Waals surface area contributed by atoms with Gasteiger partial charge in [-0.15, -0.1) is 0 Å². The summed E-state index contributed by atoms with van der Waals surface area (Å²) >= 11 is 0. The van der Waals surface area contributed by atoms with Crippen molar-refractivity contribution in [3.8, 4) is 5.75 Å². The van der Waals surface area contributed by atoms with Crippen LogP contribution in [0.4, 0.5) is 0 Å². The number of aromatic carboxylic acids is 1. The fourth-order valence-corrected chi connectivity index (χ4v) is 2.19. The Hall–Kier alpha value is -1.55. The van der Waals surface area contributed by atoms with Crippen LogP contribution >= 0.6 is 0 Å². The largest absolute Gasteiger partial charge is 0.492 e. The van der Waals surface area contributed by atoms with E-state index in [1.54, 1.807) is 12.1 Å². The van der Waals surface area contributed by atoms with Crippen molar-refractivity contribution in [1.29, 1.82) is 0 Å². The van der Waals surface area contributed by atoms with Crippen LogP contribution in [0, 0.1) is 0 Å². The highest BCUT2D eigenvalue weighted by Gasteiger charge is 2.24. The molecule has 0 radical (unpaired) electrons. The first-order valence-corrected chi connectivity index (χ1v) is 5.82. The Morgan fingerprint density at radius 2 is 2.29 bits per heavy atom. The number of hydrogen-bond acceptors (Lipinski definition) is 3. The van der Waals surface area contributed by atoms with Gasteiger partial charge in [-0.3, -0.25) is 0 Å². The van der Waals surface area contributed by atoms with Crippen LogP contribution in [0.5, 0.6) is 5.75 Å². The van der Waals surface area contributed by atoms with E-state index in [2.05, 4.69) is 19.2 Å². The second-order valence-corrected chi connectivity index (χ2v) is 4.62. The van der Waals surface area contributed by atoms with Crippen LogP contribution in [0.15, 0.2) is 18.2 Å². The van der Waals surface area contributed by atoms with Gasteiger partial charge in [0, 0.05) is 17.6 Å². The van der Waals surface area contributed by atoms with E-state index in [4.69, 9.17) is 9.84 Å². The first-order valence-electron chi connectivity index (χ1n) is 5.82. The third-order valence-corrected chi connectivity index (χ3v) is 2.82. The lowest BCUT2D eigenvalue weighted by atomic mass is 9.97. The molecule has 0 aliphatic carbocycles. The van der Waals surface area contributed by atoms with Crippen LogP contribution in [-0.2, 0) is 6.42 Å². The summed E-state index contributed by atoms with van der Waals surface area (Å²) in [6, 6.07) is 5.72. The van der Waals surface area contributed by atoms with Crippen molar-refractivity contribution < 1.29 is 14.6 Å². The zero-order valence-electron chi connectivity index (χ0n) is 10.1. The summed E-state index contributed by atoms with van der Waals surface area (Å²) in [5.41, 5.74) is 1.14. The number of carboxylic acid groups (broad SMARTS) is 1. The molecule has 17 heavy (non-hydrogen) atoms. The zero-order valence-corrected chi connectivity index (χ0v) is 10.1. The molecule has 1 heterocycles. The van der Waals surface area contributed by atoms with Crippen LogP contribution in [0.25, 0.3) is 0 Å². The van der Waals surface area contributed by atoms with Gasteiger partial charge >= 0.3 is 5.97 Å². The summed E-state index contributed by atoms with van der Waals surface area (Å²) in [4.78, 5) is 11.1. The summed E-state index contributed by atoms with van der Waals surface area (Å²) in [5.74, 6) is -0.192. The van der Waals surface area contributed by atoms with E-state index in [9.17, 15) is 4.79 Å². The smallest absolute Gasteiger partial charge is 0.336 e. The Balaban J connectivity index is 2.26. The van der Waals surface area contributed by atoms with Crippen molar-refractivity contribution in [3.63, 3.8) is 0 Å². The molecule has 1 aromatic rings. The molecule has 0 aromatic heterocycles. The zero-order chi connectivity index (χ0) is 12.4. The Morgan fingerprint density at radius 1 is 1.53 bits per heavy atom. The quantitative estimate of drug-likeness (QED) is 0.837. The molecular formula is C13H17NO3. The SMILES string of the molecule is CC(C)NC1COc2cccc(C(=O)O)c2C1. The van der Waals surface area contributed by atoms with E-state index in [-0.39, 0.29) is 6.04 Å². The molecule has 4 nitrogen and oxygen atoms in total. The van der Waals surface area contributed by atoms with Gasteiger partial charge in [0.1, 0.15) is 12.4 Å². The van der Waals surface area contributed by atoms with Gasteiger partial charge < -0.3 is 15.2 Å². The van der Waals surface area contributed by atoms with E-state index in [0.717, 1.165) is 5.56 Å². The molecule has 2 N–H and O–H groups in total. The first-order chi connectivity index (χ1) is 8.08. The summed E-state index contributed by atoms with van der Waals surface area (Å²) in [6.07, 6.45) is 0.704. The van der Waals surface area contributed by atoms with Crippen molar-refractivity contribution in [3.05, 3.63) is 29.3 Å². The third kappa shape index (κ3) is 2.58. The molecule has 1 atom stereocenters. The van der Waals surface area contributed by atoms with E-state index in [0.29, 0.717) is 30.4 Å². The third-order valence-electron chi connectivity index (χ3n) is 2.82. The molecule has 1 aliphatic rings. The number of benzene rings is 1. The number of fused-ring (bicyclic) bond motifs is 1. The number of hydrogen-bond donors (Lipinski definition) is 2. The topological polar surface area (TPSA) is 58.6 Å². The van der Waals surface area contributed by atoms with Crippen LogP contribution in [0.1, 0.15) is 29.8 Å². The fourth-order valence-electron chi connectivity index (χ4n) is 2.19. The van der Waals surface area contributed by atoms with Gasteiger partial charge in [0.2, 0.25) is 0 Å². The minimum atomic E-state index is -0.893. The highest BCUT2D eigenvalue weighted by atomic mass is 16.5. The Bertz CT molecular complexity index is 429. The summed E-state index contributed by atoms with van der Waals surface area (Å²) in [7, 11) is 0. The van der Waals surface area contributed by atoms with E-state index < -0.39 is 5.97 Å². The Labute approximate surface area is 101 Å². The molecule has 1 aliphatic heterocycles. The van der Waals surface area contributed by atoms with Crippen molar-refractivity contribution >= 4 is 5.97 Å². The number of carbonyl (C=O) groups is 1.